The zero-order chi connectivity index (χ0) is 14.9. The van der Waals surface area contributed by atoms with Crippen LogP contribution in [0.25, 0.3) is 0 Å². The van der Waals surface area contributed by atoms with Crippen LogP contribution in [0.4, 0.5) is 5.82 Å². The highest BCUT2D eigenvalue weighted by molar-refractivity contribution is 5.71. The molecule has 6 nitrogen and oxygen atoms in total. The molecule has 0 aromatic carbocycles. The number of hydrogen-bond acceptors (Lipinski definition) is 4. The van der Waals surface area contributed by atoms with E-state index < -0.39 is 5.97 Å². The SMILES string of the molecule is CC1C(Nc2ncc[nH]c2=O)CCC(C(=O)O)C1(C)C. The number of aliphatic carboxylic acids is 1. The Bertz CT molecular complexity index is 553. The van der Waals surface area contributed by atoms with Crippen LogP contribution in [0.1, 0.15) is 33.6 Å². The summed E-state index contributed by atoms with van der Waals surface area (Å²) in [4.78, 5) is 29.6. The van der Waals surface area contributed by atoms with E-state index in [-0.39, 0.29) is 28.9 Å². The van der Waals surface area contributed by atoms with E-state index in [1.807, 2.05) is 20.8 Å². The van der Waals surface area contributed by atoms with E-state index in [1.54, 1.807) is 0 Å². The summed E-state index contributed by atoms with van der Waals surface area (Å²) in [5, 5.41) is 12.5. The van der Waals surface area contributed by atoms with Gasteiger partial charge in [0.15, 0.2) is 5.82 Å². The van der Waals surface area contributed by atoms with Gasteiger partial charge in [0, 0.05) is 18.4 Å². The van der Waals surface area contributed by atoms with Gasteiger partial charge < -0.3 is 15.4 Å². The molecule has 0 saturated heterocycles. The number of carbonyl (C=O) groups is 1. The summed E-state index contributed by atoms with van der Waals surface area (Å²) in [6, 6.07) is 0.0524. The second kappa shape index (κ2) is 5.26. The second-order valence-corrected chi connectivity index (χ2v) is 6.10. The van der Waals surface area contributed by atoms with Crippen LogP contribution in [0, 0.1) is 17.3 Å². The number of nitrogens with zero attached hydrogens (tertiary/aromatic N) is 1. The van der Waals surface area contributed by atoms with Crippen LogP contribution in [0.3, 0.4) is 0 Å². The molecule has 110 valence electrons. The molecule has 3 atom stereocenters. The number of rotatable bonds is 3. The predicted octanol–water partition coefficient (Wildman–Crippen LogP) is 1.71. The van der Waals surface area contributed by atoms with Gasteiger partial charge >= 0.3 is 5.97 Å². The molecule has 1 heterocycles. The molecule has 0 bridgehead atoms. The lowest BCUT2D eigenvalue weighted by Gasteiger charge is -2.46. The van der Waals surface area contributed by atoms with Crippen LogP contribution in [-0.4, -0.2) is 27.1 Å². The minimum absolute atomic E-state index is 0.0524. The maximum absolute atomic E-state index is 11.7. The normalized spacial score (nSPS) is 28.9. The third kappa shape index (κ3) is 2.55. The van der Waals surface area contributed by atoms with Crippen LogP contribution in [-0.2, 0) is 4.79 Å². The lowest BCUT2D eigenvalue weighted by molar-refractivity contribution is -0.149. The topological polar surface area (TPSA) is 95.1 Å². The number of aromatic amines is 1. The summed E-state index contributed by atoms with van der Waals surface area (Å²) in [5.74, 6) is -0.666. The van der Waals surface area contributed by atoms with E-state index in [0.29, 0.717) is 12.2 Å². The molecule has 3 N–H and O–H groups in total. The van der Waals surface area contributed by atoms with Gasteiger partial charge in [0.2, 0.25) is 0 Å². The monoisotopic (exact) mass is 279 g/mol. The highest BCUT2D eigenvalue weighted by atomic mass is 16.4. The Morgan fingerprint density at radius 2 is 2.20 bits per heavy atom. The number of carboxylic acid groups (broad SMARTS) is 1. The van der Waals surface area contributed by atoms with Gasteiger partial charge in [0.1, 0.15) is 0 Å². The summed E-state index contributed by atoms with van der Waals surface area (Å²) in [7, 11) is 0. The van der Waals surface area contributed by atoms with E-state index in [9.17, 15) is 14.7 Å². The van der Waals surface area contributed by atoms with Gasteiger partial charge in [-0.3, -0.25) is 9.59 Å². The molecule has 0 spiro atoms. The summed E-state index contributed by atoms with van der Waals surface area (Å²) in [6.07, 6.45) is 4.34. The van der Waals surface area contributed by atoms with Gasteiger partial charge in [0.25, 0.3) is 5.56 Å². The average Bonchev–Trinajstić information content (AvgIpc) is 2.37. The number of H-pyrrole nitrogens is 1. The zero-order valence-corrected chi connectivity index (χ0v) is 12.0. The summed E-state index contributed by atoms with van der Waals surface area (Å²) in [6.45, 7) is 5.99. The van der Waals surface area contributed by atoms with Crippen molar-refractivity contribution in [1.82, 2.24) is 9.97 Å². The molecule has 1 aliphatic rings. The lowest BCUT2D eigenvalue weighted by atomic mass is 9.61. The van der Waals surface area contributed by atoms with Crippen molar-refractivity contribution in [2.75, 3.05) is 5.32 Å². The Morgan fingerprint density at radius 1 is 1.50 bits per heavy atom. The van der Waals surface area contributed by atoms with Gasteiger partial charge in [-0.15, -0.1) is 0 Å². The van der Waals surface area contributed by atoms with Crippen molar-refractivity contribution in [3.05, 3.63) is 22.7 Å². The van der Waals surface area contributed by atoms with E-state index in [2.05, 4.69) is 15.3 Å². The minimum Gasteiger partial charge on any atom is -0.481 e. The fraction of sp³-hybridized carbons (Fsp3) is 0.643. The van der Waals surface area contributed by atoms with Crippen LogP contribution >= 0.6 is 0 Å². The Morgan fingerprint density at radius 3 is 2.80 bits per heavy atom. The van der Waals surface area contributed by atoms with Crippen molar-refractivity contribution < 1.29 is 9.90 Å². The van der Waals surface area contributed by atoms with Crippen molar-refractivity contribution in [3.8, 4) is 0 Å². The Hall–Kier alpha value is -1.85. The lowest BCUT2D eigenvalue weighted by Crippen LogP contribution is -2.49. The summed E-state index contributed by atoms with van der Waals surface area (Å²) >= 11 is 0. The molecule has 1 aromatic heterocycles. The quantitative estimate of drug-likeness (QED) is 0.783. The Balaban J connectivity index is 2.18. The first-order valence-corrected chi connectivity index (χ1v) is 6.87. The number of carboxylic acids is 1. The van der Waals surface area contributed by atoms with Gasteiger partial charge in [-0.1, -0.05) is 20.8 Å². The molecule has 20 heavy (non-hydrogen) atoms. The predicted molar refractivity (Wildman–Crippen MR) is 75.6 cm³/mol. The fourth-order valence-corrected chi connectivity index (χ4v) is 3.07. The van der Waals surface area contributed by atoms with Crippen molar-refractivity contribution in [1.29, 1.82) is 0 Å². The molecular formula is C14H21N3O3. The van der Waals surface area contributed by atoms with Gasteiger partial charge in [-0.25, -0.2) is 4.98 Å². The summed E-state index contributed by atoms with van der Waals surface area (Å²) in [5.41, 5.74) is -0.582. The second-order valence-electron chi connectivity index (χ2n) is 6.10. The van der Waals surface area contributed by atoms with E-state index in [0.717, 1.165) is 6.42 Å². The van der Waals surface area contributed by atoms with Crippen molar-refractivity contribution in [2.24, 2.45) is 17.3 Å². The molecule has 0 amide bonds. The third-order valence-corrected chi connectivity index (χ3v) is 4.77. The first-order chi connectivity index (χ1) is 9.34. The Kier molecular flexibility index (Phi) is 3.83. The molecule has 1 aliphatic carbocycles. The Labute approximate surface area is 117 Å². The molecule has 1 aromatic rings. The van der Waals surface area contributed by atoms with Gasteiger partial charge in [-0.05, 0) is 24.2 Å². The highest BCUT2D eigenvalue weighted by Gasteiger charge is 2.46. The van der Waals surface area contributed by atoms with E-state index in [1.165, 1.54) is 12.4 Å². The smallest absolute Gasteiger partial charge is 0.307 e. The largest absolute Gasteiger partial charge is 0.481 e. The van der Waals surface area contributed by atoms with E-state index in [4.69, 9.17) is 0 Å². The van der Waals surface area contributed by atoms with Crippen LogP contribution < -0.4 is 10.9 Å². The third-order valence-electron chi connectivity index (χ3n) is 4.77. The molecule has 3 unspecified atom stereocenters. The first kappa shape index (κ1) is 14.6. The molecule has 6 heteroatoms. The number of hydrogen-bond donors (Lipinski definition) is 3. The number of aromatic nitrogens is 2. The molecule has 0 radical (unpaired) electrons. The maximum Gasteiger partial charge on any atom is 0.307 e. The fourth-order valence-electron chi connectivity index (χ4n) is 3.07. The number of anilines is 1. The molecular weight excluding hydrogens is 258 g/mol. The van der Waals surface area contributed by atoms with E-state index >= 15 is 0 Å². The average molecular weight is 279 g/mol. The first-order valence-electron chi connectivity index (χ1n) is 6.87. The minimum atomic E-state index is -0.740. The van der Waals surface area contributed by atoms with Crippen molar-refractivity contribution >= 4 is 11.8 Å². The zero-order valence-electron chi connectivity index (χ0n) is 12.0. The standard InChI is InChI=1S/C14H21N3O3/c1-8-10(17-11-12(18)16-7-6-15-11)5-4-9(13(19)20)14(8,2)3/h6-10H,4-5H2,1-3H3,(H,15,17)(H,16,18)(H,19,20). The molecule has 1 fully saturated rings. The number of nitrogens with one attached hydrogen (secondary N) is 2. The van der Waals surface area contributed by atoms with Crippen LogP contribution in [0.2, 0.25) is 0 Å². The molecule has 2 rings (SSSR count). The van der Waals surface area contributed by atoms with Crippen molar-refractivity contribution in [2.45, 2.75) is 39.7 Å². The molecule has 1 saturated carbocycles. The summed E-state index contributed by atoms with van der Waals surface area (Å²) < 4.78 is 0. The van der Waals surface area contributed by atoms with Crippen LogP contribution in [0.15, 0.2) is 17.2 Å². The van der Waals surface area contributed by atoms with Crippen LogP contribution in [0.5, 0.6) is 0 Å². The van der Waals surface area contributed by atoms with Gasteiger partial charge in [-0.2, -0.15) is 0 Å². The molecule has 0 aliphatic heterocycles. The maximum atomic E-state index is 11.7. The van der Waals surface area contributed by atoms with Gasteiger partial charge in [0.05, 0.1) is 5.92 Å². The van der Waals surface area contributed by atoms with Crippen molar-refractivity contribution in [3.63, 3.8) is 0 Å². The highest BCUT2D eigenvalue weighted by Crippen LogP contribution is 2.45.